The van der Waals surface area contributed by atoms with Crippen molar-refractivity contribution in [3.8, 4) is 5.75 Å². The SMILES string of the molecule is C=C(F)C(=O)Oc1ccccc1Br. The van der Waals surface area contributed by atoms with E-state index >= 15 is 0 Å². The highest BCUT2D eigenvalue weighted by Crippen LogP contribution is 2.24. The molecule has 1 rings (SSSR count). The zero-order valence-electron chi connectivity index (χ0n) is 6.59. The van der Waals surface area contributed by atoms with Gasteiger partial charge in [-0.05, 0) is 28.1 Å². The Bertz CT molecular complexity index is 349. The summed E-state index contributed by atoms with van der Waals surface area (Å²) < 4.78 is 17.5. The predicted molar refractivity (Wildman–Crippen MR) is 50.0 cm³/mol. The molecule has 0 radical (unpaired) electrons. The number of rotatable bonds is 2. The molecular formula is C9H6BrFO2. The Hall–Kier alpha value is -1.16. The van der Waals surface area contributed by atoms with Crippen molar-refractivity contribution >= 4 is 21.9 Å². The Labute approximate surface area is 83.1 Å². The monoisotopic (exact) mass is 244 g/mol. The van der Waals surface area contributed by atoms with Crippen molar-refractivity contribution in [2.24, 2.45) is 0 Å². The average molecular weight is 245 g/mol. The van der Waals surface area contributed by atoms with Gasteiger partial charge in [0.05, 0.1) is 4.47 Å². The Morgan fingerprint density at radius 3 is 2.62 bits per heavy atom. The second-order valence-corrected chi connectivity index (χ2v) is 3.08. The van der Waals surface area contributed by atoms with E-state index in [-0.39, 0.29) is 5.75 Å². The van der Waals surface area contributed by atoms with Crippen LogP contribution in [-0.2, 0) is 4.79 Å². The van der Waals surface area contributed by atoms with E-state index in [4.69, 9.17) is 0 Å². The van der Waals surface area contributed by atoms with E-state index in [1.807, 2.05) is 0 Å². The summed E-state index contributed by atoms with van der Waals surface area (Å²) in [6, 6.07) is 6.66. The second-order valence-electron chi connectivity index (χ2n) is 2.22. The third-order valence-corrected chi connectivity index (χ3v) is 1.92. The van der Waals surface area contributed by atoms with Gasteiger partial charge < -0.3 is 4.74 Å². The number of hydrogen-bond donors (Lipinski definition) is 0. The zero-order chi connectivity index (χ0) is 9.84. The van der Waals surface area contributed by atoms with Crippen molar-refractivity contribution in [3.63, 3.8) is 0 Å². The van der Waals surface area contributed by atoms with Crippen molar-refractivity contribution in [2.75, 3.05) is 0 Å². The summed E-state index contributed by atoms with van der Waals surface area (Å²) in [5.74, 6) is -1.92. The molecule has 0 aromatic heterocycles. The molecule has 2 nitrogen and oxygen atoms in total. The molecule has 13 heavy (non-hydrogen) atoms. The molecule has 0 atom stereocenters. The fraction of sp³-hybridized carbons (Fsp3) is 0. The molecular weight excluding hydrogens is 239 g/mol. The predicted octanol–water partition coefficient (Wildman–Crippen LogP) is 2.84. The Morgan fingerprint density at radius 2 is 2.08 bits per heavy atom. The van der Waals surface area contributed by atoms with Crippen LogP contribution >= 0.6 is 15.9 Å². The summed E-state index contributed by atoms with van der Waals surface area (Å²) in [6.07, 6.45) is 0. The first kappa shape index (κ1) is 9.92. The number of halogens is 2. The van der Waals surface area contributed by atoms with Crippen molar-refractivity contribution in [1.82, 2.24) is 0 Å². The molecule has 0 aliphatic rings. The van der Waals surface area contributed by atoms with Crippen LogP contribution < -0.4 is 4.74 Å². The normalized spacial score (nSPS) is 9.38. The molecule has 1 aromatic rings. The fourth-order valence-corrected chi connectivity index (χ4v) is 1.05. The molecule has 1 aromatic carbocycles. The molecule has 0 fully saturated rings. The van der Waals surface area contributed by atoms with Crippen molar-refractivity contribution in [1.29, 1.82) is 0 Å². The van der Waals surface area contributed by atoms with Crippen LogP contribution in [0.5, 0.6) is 5.75 Å². The van der Waals surface area contributed by atoms with Gasteiger partial charge in [-0.1, -0.05) is 18.7 Å². The van der Waals surface area contributed by atoms with Crippen molar-refractivity contribution < 1.29 is 13.9 Å². The molecule has 0 bridgehead atoms. The molecule has 0 aliphatic heterocycles. The Kier molecular flexibility index (Phi) is 3.19. The lowest BCUT2D eigenvalue weighted by Crippen LogP contribution is -2.07. The third kappa shape index (κ3) is 2.66. The molecule has 0 saturated carbocycles. The average Bonchev–Trinajstić information content (AvgIpc) is 2.08. The fourth-order valence-electron chi connectivity index (χ4n) is 0.683. The van der Waals surface area contributed by atoms with Crippen LogP contribution in [0, 0.1) is 0 Å². The van der Waals surface area contributed by atoms with Crippen LogP contribution in [0.2, 0.25) is 0 Å². The van der Waals surface area contributed by atoms with Crippen LogP contribution in [0.3, 0.4) is 0 Å². The molecule has 0 saturated heterocycles. The zero-order valence-corrected chi connectivity index (χ0v) is 8.17. The van der Waals surface area contributed by atoms with Crippen LogP contribution in [-0.4, -0.2) is 5.97 Å². The first-order valence-corrected chi connectivity index (χ1v) is 4.21. The lowest BCUT2D eigenvalue weighted by molar-refractivity contribution is -0.131. The van der Waals surface area contributed by atoms with Gasteiger partial charge in [0.1, 0.15) is 5.75 Å². The molecule has 0 heterocycles. The van der Waals surface area contributed by atoms with Gasteiger partial charge in [-0.2, -0.15) is 4.39 Å². The first-order valence-electron chi connectivity index (χ1n) is 3.42. The molecule has 0 unspecified atom stereocenters. The summed E-state index contributed by atoms with van der Waals surface area (Å²) in [6.45, 7) is 2.82. The van der Waals surface area contributed by atoms with Gasteiger partial charge in [-0.15, -0.1) is 0 Å². The maximum absolute atomic E-state index is 12.2. The molecule has 0 spiro atoms. The third-order valence-electron chi connectivity index (χ3n) is 1.26. The van der Waals surface area contributed by atoms with E-state index in [0.717, 1.165) is 0 Å². The van der Waals surface area contributed by atoms with Crippen molar-refractivity contribution in [2.45, 2.75) is 0 Å². The second kappa shape index (κ2) is 4.18. The van der Waals surface area contributed by atoms with E-state index in [1.54, 1.807) is 24.3 Å². The van der Waals surface area contributed by atoms with Crippen molar-refractivity contribution in [3.05, 3.63) is 41.1 Å². The number of hydrogen-bond acceptors (Lipinski definition) is 2. The van der Waals surface area contributed by atoms with Gasteiger partial charge in [-0.3, -0.25) is 0 Å². The molecule has 0 aliphatic carbocycles. The quantitative estimate of drug-likeness (QED) is 0.455. The van der Waals surface area contributed by atoms with E-state index in [9.17, 15) is 9.18 Å². The highest BCUT2D eigenvalue weighted by Gasteiger charge is 2.10. The number of esters is 1. The lowest BCUT2D eigenvalue weighted by Gasteiger charge is -2.03. The molecule has 4 heteroatoms. The van der Waals surface area contributed by atoms with E-state index in [0.29, 0.717) is 4.47 Å². The van der Waals surface area contributed by atoms with E-state index in [1.165, 1.54) is 0 Å². The van der Waals surface area contributed by atoms with Gasteiger partial charge in [0.25, 0.3) is 0 Å². The van der Waals surface area contributed by atoms with Crippen LogP contribution in [0.4, 0.5) is 4.39 Å². The molecule has 0 amide bonds. The maximum atomic E-state index is 12.2. The summed E-state index contributed by atoms with van der Waals surface area (Å²) in [7, 11) is 0. The highest BCUT2D eigenvalue weighted by molar-refractivity contribution is 9.10. The van der Waals surface area contributed by atoms with Crippen LogP contribution in [0.15, 0.2) is 41.1 Å². The Morgan fingerprint density at radius 1 is 1.46 bits per heavy atom. The standard InChI is InChI=1S/C9H6BrFO2/c1-6(11)9(12)13-8-5-3-2-4-7(8)10/h2-5H,1H2. The van der Waals surface area contributed by atoms with Crippen LogP contribution in [0.25, 0.3) is 0 Å². The topological polar surface area (TPSA) is 26.3 Å². The number of para-hydroxylation sites is 1. The largest absolute Gasteiger partial charge is 0.420 e. The molecule has 68 valence electrons. The molecule has 0 N–H and O–H groups in total. The van der Waals surface area contributed by atoms with Crippen LogP contribution in [0.1, 0.15) is 0 Å². The minimum Gasteiger partial charge on any atom is -0.420 e. The first-order chi connectivity index (χ1) is 6.11. The maximum Gasteiger partial charge on any atom is 0.371 e. The highest BCUT2D eigenvalue weighted by atomic mass is 79.9. The van der Waals surface area contributed by atoms with E-state index in [2.05, 4.69) is 27.2 Å². The minimum absolute atomic E-state index is 0.270. The summed E-state index contributed by atoms with van der Waals surface area (Å²) in [5.41, 5.74) is 0. The number of ether oxygens (including phenoxy) is 1. The Balaban J connectivity index is 2.81. The summed E-state index contributed by atoms with van der Waals surface area (Å²) in [5, 5.41) is 0. The van der Waals surface area contributed by atoms with E-state index < -0.39 is 11.8 Å². The van der Waals surface area contributed by atoms with Gasteiger partial charge in [0.2, 0.25) is 5.83 Å². The van der Waals surface area contributed by atoms with Gasteiger partial charge >= 0.3 is 5.97 Å². The number of benzene rings is 1. The minimum atomic E-state index is -1.12. The lowest BCUT2D eigenvalue weighted by atomic mass is 10.3. The van der Waals surface area contributed by atoms with Gasteiger partial charge in [-0.25, -0.2) is 4.79 Å². The van der Waals surface area contributed by atoms with Gasteiger partial charge in [0, 0.05) is 0 Å². The summed E-state index contributed by atoms with van der Waals surface area (Å²) >= 11 is 3.14. The number of carbonyl (C=O) groups is 1. The number of carbonyl (C=O) groups excluding carboxylic acids is 1. The smallest absolute Gasteiger partial charge is 0.371 e. The summed E-state index contributed by atoms with van der Waals surface area (Å²) in [4.78, 5) is 10.7. The van der Waals surface area contributed by atoms with Gasteiger partial charge in [0.15, 0.2) is 0 Å².